The van der Waals surface area contributed by atoms with Gasteiger partial charge in [-0.05, 0) is 41.0 Å². The molecule has 1 atom stereocenters. The third-order valence-corrected chi connectivity index (χ3v) is 4.96. The van der Waals surface area contributed by atoms with Crippen LogP contribution in [-0.2, 0) is 11.8 Å². The van der Waals surface area contributed by atoms with E-state index in [1.54, 1.807) is 0 Å². The molecule has 1 fully saturated rings. The Morgan fingerprint density at radius 3 is 2.70 bits per heavy atom. The molecule has 7 heteroatoms. The van der Waals surface area contributed by atoms with E-state index in [1.165, 1.54) is 0 Å². The number of aromatic nitrogens is 2. The van der Waals surface area contributed by atoms with Crippen LogP contribution in [0.1, 0.15) is 52.7 Å². The van der Waals surface area contributed by atoms with Crippen LogP contribution < -0.4 is 5.32 Å². The molecule has 2 rings (SSSR count). The second-order valence-electron chi connectivity index (χ2n) is 7.77. The summed E-state index contributed by atoms with van der Waals surface area (Å²) in [5, 5.41) is 7.72. The average Bonchev–Trinajstić information content (AvgIpc) is 3.06. The van der Waals surface area contributed by atoms with E-state index in [2.05, 4.69) is 54.8 Å². The third kappa shape index (κ3) is 6.50. The summed E-state index contributed by atoms with van der Waals surface area (Å²) in [5.74, 6) is 0.996. The van der Waals surface area contributed by atoms with Gasteiger partial charge < -0.3 is 15.0 Å². The number of aryl methyl sites for hydroxylation is 1. The second kappa shape index (κ2) is 10.7. The van der Waals surface area contributed by atoms with Crippen molar-refractivity contribution >= 4 is 5.96 Å². The van der Waals surface area contributed by atoms with Crippen LogP contribution in [0.4, 0.5) is 0 Å². The lowest BCUT2D eigenvalue weighted by Crippen LogP contribution is -2.48. The molecule has 1 saturated heterocycles. The molecule has 0 amide bonds. The lowest BCUT2D eigenvalue weighted by Gasteiger charge is -2.35. The van der Waals surface area contributed by atoms with Gasteiger partial charge in [0, 0.05) is 57.1 Å². The molecular formula is C20H38N6O. The van der Waals surface area contributed by atoms with Crippen molar-refractivity contribution in [2.75, 3.05) is 39.3 Å². The molecule has 1 aromatic rings. The molecule has 0 aromatic carbocycles. The molecule has 0 saturated carbocycles. The standard InChI is InChI=1S/C20H38N6O/c1-7-21-20(22-9-8-10-26(16(2)3)17(4)5)25-11-12-27-19(15-25)18-13-23-24(6)14-18/h13-14,16-17,19H,7-12,15H2,1-6H3,(H,21,22). The van der Waals surface area contributed by atoms with Crippen LogP contribution in [-0.4, -0.2) is 77.0 Å². The Morgan fingerprint density at radius 2 is 2.11 bits per heavy atom. The molecule has 1 aliphatic heterocycles. The maximum atomic E-state index is 5.96. The Kier molecular flexibility index (Phi) is 8.57. The van der Waals surface area contributed by atoms with Gasteiger partial charge in [0.15, 0.2) is 5.96 Å². The van der Waals surface area contributed by atoms with Crippen molar-refractivity contribution in [2.24, 2.45) is 12.0 Å². The van der Waals surface area contributed by atoms with Gasteiger partial charge in [0.05, 0.1) is 19.3 Å². The van der Waals surface area contributed by atoms with Crippen molar-refractivity contribution in [3.8, 4) is 0 Å². The van der Waals surface area contributed by atoms with Crippen LogP contribution >= 0.6 is 0 Å². The highest BCUT2D eigenvalue weighted by Gasteiger charge is 2.25. The van der Waals surface area contributed by atoms with Crippen LogP contribution in [0, 0.1) is 0 Å². The molecule has 154 valence electrons. The Labute approximate surface area is 164 Å². The second-order valence-corrected chi connectivity index (χ2v) is 7.77. The highest BCUT2D eigenvalue weighted by Crippen LogP contribution is 2.21. The number of nitrogens with one attached hydrogen (secondary N) is 1. The number of aliphatic imine (C=N–C) groups is 1. The smallest absolute Gasteiger partial charge is 0.194 e. The third-order valence-electron chi connectivity index (χ3n) is 4.96. The summed E-state index contributed by atoms with van der Waals surface area (Å²) in [7, 11) is 1.94. The SMILES string of the molecule is CCNC(=NCCCN(C(C)C)C(C)C)N1CCOC(c2cnn(C)c2)C1. The molecule has 1 aromatic heterocycles. The van der Waals surface area contributed by atoms with E-state index < -0.39 is 0 Å². The zero-order valence-electron chi connectivity index (χ0n) is 18.0. The lowest BCUT2D eigenvalue weighted by molar-refractivity contribution is -0.00804. The zero-order valence-corrected chi connectivity index (χ0v) is 18.0. The predicted molar refractivity (Wildman–Crippen MR) is 111 cm³/mol. The fourth-order valence-corrected chi connectivity index (χ4v) is 3.63. The fraction of sp³-hybridized carbons (Fsp3) is 0.800. The number of ether oxygens (including phenoxy) is 1. The van der Waals surface area contributed by atoms with Crippen LogP contribution in [0.15, 0.2) is 17.4 Å². The van der Waals surface area contributed by atoms with Gasteiger partial charge in [0.25, 0.3) is 0 Å². The van der Waals surface area contributed by atoms with Gasteiger partial charge in [0.1, 0.15) is 6.10 Å². The Balaban J connectivity index is 1.93. The van der Waals surface area contributed by atoms with E-state index in [0.717, 1.165) is 50.7 Å². The molecule has 7 nitrogen and oxygen atoms in total. The molecule has 1 unspecified atom stereocenters. The van der Waals surface area contributed by atoms with E-state index in [-0.39, 0.29) is 6.10 Å². The summed E-state index contributed by atoms with van der Waals surface area (Å²) < 4.78 is 7.79. The minimum absolute atomic E-state index is 0.0497. The summed E-state index contributed by atoms with van der Waals surface area (Å²) in [6.45, 7) is 16.4. The largest absolute Gasteiger partial charge is 0.370 e. The summed E-state index contributed by atoms with van der Waals surface area (Å²) in [4.78, 5) is 9.73. The van der Waals surface area contributed by atoms with E-state index in [0.29, 0.717) is 18.7 Å². The van der Waals surface area contributed by atoms with Crippen molar-refractivity contribution in [1.29, 1.82) is 0 Å². The molecule has 0 spiro atoms. The number of guanidine groups is 1. The molecular weight excluding hydrogens is 340 g/mol. The van der Waals surface area contributed by atoms with Crippen LogP contribution in [0.25, 0.3) is 0 Å². The van der Waals surface area contributed by atoms with Crippen LogP contribution in [0.3, 0.4) is 0 Å². The van der Waals surface area contributed by atoms with Crippen LogP contribution in [0.2, 0.25) is 0 Å². The quantitative estimate of drug-likeness (QED) is 0.427. The fourth-order valence-electron chi connectivity index (χ4n) is 3.63. The van der Waals surface area contributed by atoms with Gasteiger partial charge in [-0.3, -0.25) is 14.6 Å². The zero-order chi connectivity index (χ0) is 19.8. The number of morpholine rings is 1. The van der Waals surface area contributed by atoms with Gasteiger partial charge in [-0.2, -0.15) is 5.10 Å². The Hall–Kier alpha value is -1.60. The molecule has 0 aliphatic carbocycles. The van der Waals surface area contributed by atoms with E-state index in [9.17, 15) is 0 Å². The van der Waals surface area contributed by atoms with Gasteiger partial charge in [-0.25, -0.2) is 0 Å². The highest BCUT2D eigenvalue weighted by atomic mass is 16.5. The molecule has 27 heavy (non-hydrogen) atoms. The van der Waals surface area contributed by atoms with E-state index >= 15 is 0 Å². The Morgan fingerprint density at radius 1 is 1.37 bits per heavy atom. The first kappa shape index (κ1) is 21.7. The number of rotatable bonds is 8. The molecule has 2 heterocycles. The monoisotopic (exact) mass is 378 g/mol. The maximum Gasteiger partial charge on any atom is 0.194 e. The predicted octanol–water partition coefficient (Wildman–Crippen LogP) is 2.27. The molecule has 1 N–H and O–H groups in total. The first-order chi connectivity index (χ1) is 12.9. The highest BCUT2D eigenvalue weighted by molar-refractivity contribution is 5.80. The number of nitrogens with zero attached hydrogens (tertiary/aromatic N) is 5. The van der Waals surface area contributed by atoms with Crippen LogP contribution in [0.5, 0.6) is 0 Å². The number of hydrogen-bond donors (Lipinski definition) is 1. The van der Waals surface area contributed by atoms with E-state index in [1.807, 2.05) is 24.1 Å². The molecule has 0 radical (unpaired) electrons. The summed E-state index contributed by atoms with van der Waals surface area (Å²) in [6, 6.07) is 1.14. The average molecular weight is 379 g/mol. The summed E-state index contributed by atoms with van der Waals surface area (Å²) >= 11 is 0. The van der Waals surface area contributed by atoms with Crippen molar-refractivity contribution in [2.45, 2.75) is 59.2 Å². The van der Waals surface area contributed by atoms with Gasteiger partial charge >= 0.3 is 0 Å². The first-order valence-electron chi connectivity index (χ1n) is 10.3. The summed E-state index contributed by atoms with van der Waals surface area (Å²) in [6.07, 6.45) is 5.05. The first-order valence-corrected chi connectivity index (χ1v) is 10.3. The topological polar surface area (TPSA) is 57.9 Å². The minimum Gasteiger partial charge on any atom is -0.370 e. The summed E-state index contributed by atoms with van der Waals surface area (Å²) in [5.41, 5.74) is 1.13. The maximum absolute atomic E-state index is 5.96. The molecule has 1 aliphatic rings. The van der Waals surface area contributed by atoms with Gasteiger partial charge in [-0.1, -0.05) is 0 Å². The number of hydrogen-bond acceptors (Lipinski definition) is 4. The van der Waals surface area contributed by atoms with Gasteiger partial charge in [0.2, 0.25) is 0 Å². The van der Waals surface area contributed by atoms with Crippen molar-refractivity contribution < 1.29 is 4.74 Å². The van der Waals surface area contributed by atoms with E-state index in [4.69, 9.17) is 9.73 Å². The Bertz CT molecular complexity index is 575. The lowest BCUT2D eigenvalue weighted by atomic mass is 10.1. The van der Waals surface area contributed by atoms with Gasteiger partial charge in [-0.15, -0.1) is 0 Å². The van der Waals surface area contributed by atoms with Crippen molar-refractivity contribution in [1.82, 2.24) is 24.9 Å². The minimum atomic E-state index is 0.0497. The van der Waals surface area contributed by atoms with Crippen molar-refractivity contribution in [3.63, 3.8) is 0 Å². The normalized spacial score (nSPS) is 18.8. The van der Waals surface area contributed by atoms with Crippen molar-refractivity contribution in [3.05, 3.63) is 18.0 Å². The molecule has 0 bridgehead atoms.